The number of aliphatic hydroxyl groups excluding tert-OH is 1. The third-order valence-corrected chi connectivity index (χ3v) is 4.30. The first-order valence-electron chi connectivity index (χ1n) is 7.91. The lowest BCUT2D eigenvalue weighted by atomic mass is 9.94. The van der Waals surface area contributed by atoms with Crippen LogP contribution in [0.1, 0.15) is 37.7 Å². The molecule has 1 aliphatic rings. The zero-order valence-corrected chi connectivity index (χ0v) is 12.5. The van der Waals surface area contributed by atoms with Gasteiger partial charge in [-0.05, 0) is 24.8 Å². The number of nitrogens with two attached hydrogens (primary N) is 1. The Balaban J connectivity index is 1.92. The van der Waals surface area contributed by atoms with E-state index in [0.717, 1.165) is 37.7 Å². The molecule has 0 heterocycles. The van der Waals surface area contributed by atoms with Gasteiger partial charge in [0.05, 0.1) is 18.6 Å². The average Bonchev–Trinajstić information content (AvgIpc) is 2.72. The van der Waals surface area contributed by atoms with Gasteiger partial charge >= 0.3 is 0 Å². The molecule has 1 saturated carbocycles. The van der Waals surface area contributed by atoms with Gasteiger partial charge in [0.15, 0.2) is 0 Å². The van der Waals surface area contributed by atoms with Crippen molar-refractivity contribution in [1.29, 1.82) is 0 Å². The molecule has 116 valence electrons. The number of carbonyl (C=O) groups excluding carboxylic acids is 1. The van der Waals surface area contributed by atoms with Crippen molar-refractivity contribution in [2.24, 2.45) is 11.7 Å². The van der Waals surface area contributed by atoms with Gasteiger partial charge in [-0.2, -0.15) is 0 Å². The predicted molar refractivity (Wildman–Crippen MR) is 83.7 cm³/mol. The summed E-state index contributed by atoms with van der Waals surface area (Å²) < 4.78 is 0. The Labute approximate surface area is 126 Å². The summed E-state index contributed by atoms with van der Waals surface area (Å²) in [4.78, 5) is 12.4. The van der Waals surface area contributed by atoms with Crippen LogP contribution in [0.5, 0.6) is 0 Å². The van der Waals surface area contributed by atoms with Crippen LogP contribution >= 0.6 is 0 Å². The van der Waals surface area contributed by atoms with Crippen molar-refractivity contribution in [3.63, 3.8) is 0 Å². The van der Waals surface area contributed by atoms with Crippen LogP contribution in [0, 0.1) is 5.92 Å². The fourth-order valence-electron chi connectivity index (χ4n) is 3.03. The summed E-state index contributed by atoms with van der Waals surface area (Å²) in [6, 6.07) is 9.61. The van der Waals surface area contributed by atoms with Crippen LogP contribution in [-0.4, -0.2) is 29.7 Å². The molecule has 3 atom stereocenters. The molecule has 1 amide bonds. The molecule has 0 bridgehead atoms. The number of carbonyl (C=O) groups is 1. The van der Waals surface area contributed by atoms with Gasteiger partial charge in [0.25, 0.3) is 0 Å². The summed E-state index contributed by atoms with van der Waals surface area (Å²) in [6.45, 7) is -0.0530. The fourth-order valence-corrected chi connectivity index (χ4v) is 3.03. The molecule has 1 fully saturated rings. The molecule has 0 aromatic heterocycles. The first-order valence-corrected chi connectivity index (χ1v) is 7.91. The van der Waals surface area contributed by atoms with E-state index in [1.54, 1.807) is 0 Å². The second kappa shape index (κ2) is 8.15. The SMILES string of the molecule is NC1CCCCCC1C(=O)N[C@H](CO)Cc1ccccc1. The number of hydrogen-bond donors (Lipinski definition) is 3. The smallest absolute Gasteiger partial charge is 0.224 e. The molecular formula is C17H26N2O2. The molecule has 1 aromatic carbocycles. The minimum Gasteiger partial charge on any atom is -0.394 e. The van der Waals surface area contributed by atoms with Crippen LogP contribution in [0.3, 0.4) is 0 Å². The Hall–Kier alpha value is -1.39. The lowest BCUT2D eigenvalue weighted by molar-refractivity contribution is -0.126. The number of nitrogens with one attached hydrogen (secondary N) is 1. The van der Waals surface area contributed by atoms with Crippen LogP contribution in [0.25, 0.3) is 0 Å². The van der Waals surface area contributed by atoms with Gasteiger partial charge in [0.1, 0.15) is 0 Å². The average molecular weight is 290 g/mol. The van der Waals surface area contributed by atoms with E-state index in [2.05, 4.69) is 5.32 Å². The maximum absolute atomic E-state index is 12.4. The first-order chi connectivity index (χ1) is 10.2. The maximum Gasteiger partial charge on any atom is 0.224 e. The van der Waals surface area contributed by atoms with Crippen molar-refractivity contribution < 1.29 is 9.90 Å². The molecule has 2 unspecified atom stereocenters. The Morgan fingerprint density at radius 1 is 1.24 bits per heavy atom. The largest absolute Gasteiger partial charge is 0.394 e. The number of aliphatic hydroxyl groups is 1. The molecule has 1 aliphatic carbocycles. The number of rotatable bonds is 5. The van der Waals surface area contributed by atoms with Gasteiger partial charge in [-0.15, -0.1) is 0 Å². The lowest BCUT2D eigenvalue weighted by Crippen LogP contribution is -2.47. The summed E-state index contributed by atoms with van der Waals surface area (Å²) in [6.07, 6.45) is 5.75. The molecule has 2 rings (SSSR count). The van der Waals surface area contributed by atoms with Crippen LogP contribution in [0.15, 0.2) is 30.3 Å². The third-order valence-electron chi connectivity index (χ3n) is 4.30. The summed E-state index contributed by atoms with van der Waals surface area (Å²) in [5.74, 6) is -0.114. The molecule has 21 heavy (non-hydrogen) atoms. The normalized spacial score (nSPS) is 24.1. The molecular weight excluding hydrogens is 264 g/mol. The van der Waals surface area contributed by atoms with Crippen LogP contribution in [-0.2, 0) is 11.2 Å². The monoisotopic (exact) mass is 290 g/mol. The zero-order chi connectivity index (χ0) is 15.1. The third kappa shape index (κ3) is 4.83. The molecule has 4 heteroatoms. The fraction of sp³-hybridized carbons (Fsp3) is 0.588. The van der Waals surface area contributed by atoms with Crippen molar-refractivity contribution in [3.8, 4) is 0 Å². The molecule has 0 saturated heterocycles. The summed E-state index contributed by atoms with van der Waals surface area (Å²) >= 11 is 0. The number of amides is 1. The van der Waals surface area contributed by atoms with Crippen molar-refractivity contribution >= 4 is 5.91 Å². The minimum absolute atomic E-state index is 0.000573. The molecule has 0 spiro atoms. The lowest BCUT2D eigenvalue weighted by Gasteiger charge is -2.24. The second-order valence-corrected chi connectivity index (χ2v) is 5.99. The highest BCUT2D eigenvalue weighted by molar-refractivity contribution is 5.79. The Morgan fingerprint density at radius 2 is 1.95 bits per heavy atom. The van der Waals surface area contributed by atoms with Gasteiger partial charge in [-0.25, -0.2) is 0 Å². The predicted octanol–water partition coefficient (Wildman–Crippen LogP) is 1.61. The summed E-state index contributed by atoms with van der Waals surface area (Å²) in [7, 11) is 0. The zero-order valence-electron chi connectivity index (χ0n) is 12.5. The highest BCUT2D eigenvalue weighted by Crippen LogP contribution is 2.22. The van der Waals surface area contributed by atoms with E-state index in [1.165, 1.54) is 0 Å². The van der Waals surface area contributed by atoms with E-state index in [9.17, 15) is 9.90 Å². The van der Waals surface area contributed by atoms with Gasteiger partial charge in [-0.3, -0.25) is 4.79 Å². The standard InChI is InChI=1S/C17H26N2O2/c18-16-10-6-2-5-9-15(16)17(21)19-14(12-20)11-13-7-3-1-4-8-13/h1,3-4,7-8,14-16,20H,2,5-6,9-12,18H2,(H,19,21)/t14-,15?,16?/m0/s1. The van der Waals surface area contributed by atoms with Gasteiger partial charge in [-0.1, -0.05) is 49.6 Å². The van der Waals surface area contributed by atoms with Crippen molar-refractivity contribution in [2.75, 3.05) is 6.61 Å². The first kappa shape index (κ1) is 16.0. The Bertz CT molecular complexity index is 436. The van der Waals surface area contributed by atoms with Crippen LogP contribution in [0.2, 0.25) is 0 Å². The van der Waals surface area contributed by atoms with Gasteiger partial charge in [0.2, 0.25) is 5.91 Å². The Morgan fingerprint density at radius 3 is 2.67 bits per heavy atom. The maximum atomic E-state index is 12.4. The highest BCUT2D eigenvalue weighted by atomic mass is 16.3. The van der Waals surface area contributed by atoms with E-state index in [4.69, 9.17) is 5.73 Å². The van der Waals surface area contributed by atoms with Crippen LogP contribution < -0.4 is 11.1 Å². The number of hydrogen-bond acceptors (Lipinski definition) is 3. The number of benzene rings is 1. The van der Waals surface area contributed by atoms with E-state index < -0.39 is 0 Å². The minimum atomic E-state index is -0.240. The van der Waals surface area contributed by atoms with Crippen LogP contribution in [0.4, 0.5) is 0 Å². The van der Waals surface area contributed by atoms with Gasteiger partial charge in [0, 0.05) is 6.04 Å². The van der Waals surface area contributed by atoms with E-state index in [0.29, 0.717) is 6.42 Å². The molecule has 0 radical (unpaired) electrons. The highest BCUT2D eigenvalue weighted by Gasteiger charge is 2.28. The molecule has 1 aromatic rings. The van der Waals surface area contributed by atoms with E-state index >= 15 is 0 Å². The second-order valence-electron chi connectivity index (χ2n) is 5.99. The van der Waals surface area contributed by atoms with E-state index in [-0.39, 0.29) is 30.5 Å². The van der Waals surface area contributed by atoms with Gasteiger partial charge < -0.3 is 16.2 Å². The molecule has 4 N–H and O–H groups in total. The summed E-state index contributed by atoms with van der Waals surface area (Å²) in [5, 5.41) is 12.5. The summed E-state index contributed by atoms with van der Waals surface area (Å²) in [5.41, 5.74) is 7.24. The topological polar surface area (TPSA) is 75.4 Å². The van der Waals surface area contributed by atoms with Crippen molar-refractivity contribution in [1.82, 2.24) is 5.32 Å². The quantitative estimate of drug-likeness (QED) is 0.721. The molecule has 4 nitrogen and oxygen atoms in total. The molecule has 0 aliphatic heterocycles. The van der Waals surface area contributed by atoms with Crippen molar-refractivity contribution in [3.05, 3.63) is 35.9 Å². The Kier molecular flexibility index (Phi) is 6.21. The van der Waals surface area contributed by atoms with E-state index in [1.807, 2.05) is 30.3 Å². The van der Waals surface area contributed by atoms with Crippen molar-refractivity contribution in [2.45, 2.75) is 50.6 Å².